The lowest BCUT2D eigenvalue weighted by molar-refractivity contribution is -0.0343. The molecule has 1 saturated heterocycles. The summed E-state index contributed by atoms with van der Waals surface area (Å²) in [5.41, 5.74) is 5.33. The van der Waals surface area contributed by atoms with Gasteiger partial charge in [-0.2, -0.15) is 0 Å². The first-order chi connectivity index (χ1) is 15.3. The van der Waals surface area contributed by atoms with E-state index in [0.29, 0.717) is 13.4 Å². The molecule has 6 rings (SSSR count). The van der Waals surface area contributed by atoms with Crippen LogP contribution in [0.4, 0.5) is 0 Å². The average Bonchev–Trinajstić information content (AvgIpc) is 3.46. The van der Waals surface area contributed by atoms with Crippen LogP contribution in [0.15, 0.2) is 66.9 Å². The fourth-order valence-electron chi connectivity index (χ4n) is 4.25. The van der Waals surface area contributed by atoms with Gasteiger partial charge in [-0.25, -0.2) is 4.52 Å². The standard InChI is InChI=1S/C24H22N4O3/c1-2-4-18(5-3-1)19-7-8-20-24(25-26-28(20)14-19)23-15-27(10-11-29-23)13-17-6-9-21-22(12-17)31-16-30-21/h1-9,12,14,23H,10-11,13,15-16H2/t23-/m1/s1. The van der Waals surface area contributed by atoms with Gasteiger partial charge in [0, 0.05) is 31.4 Å². The molecule has 0 saturated carbocycles. The molecule has 0 radical (unpaired) electrons. The van der Waals surface area contributed by atoms with E-state index in [9.17, 15) is 0 Å². The molecule has 1 fully saturated rings. The van der Waals surface area contributed by atoms with E-state index in [1.54, 1.807) is 0 Å². The normalized spacial score (nSPS) is 18.5. The zero-order valence-electron chi connectivity index (χ0n) is 17.0. The zero-order chi connectivity index (χ0) is 20.6. The highest BCUT2D eigenvalue weighted by molar-refractivity contribution is 5.66. The molecular formula is C24H22N4O3. The summed E-state index contributed by atoms with van der Waals surface area (Å²) < 4.78 is 18.9. The Balaban J connectivity index is 1.21. The molecular weight excluding hydrogens is 392 g/mol. The molecule has 4 heterocycles. The first kappa shape index (κ1) is 18.4. The molecule has 2 aliphatic heterocycles. The van der Waals surface area contributed by atoms with Crippen molar-refractivity contribution in [1.29, 1.82) is 0 Å². The van der Waals surface area contributed by atoms with Crippen LogP contribution < -0.4 is 9.47 Å². The minimum Gasteiger partial charge on any atom is -0.454 e. The van der Waals surface area contributed by atoms with Crippen LogP contribution in [0.1, 0.15) is 17.4 Å². The minimum absolute atomic E-state index is 0.108. The third kappa shape index (κ3) is 3.52. The maximum atomic E-state index is 6.09. The molecule has 0 aliphatic carbocycles. The Hall–Kier alpha value is -3.42. The van der Waals surface area contributed by atoms with Crippen LogP contribution in [0.25, 0.3) is 16.6 Å². The number of benzene rings is 2. The largest absolute Gasteiger partial charge is 0.454 e. The van der Waals surface area contributed by atoms with Crippen molar-refractivity contribution < 1.29 is 14.2 Å². The van der Waals surface area contributed by atoms with Crippen molar-refractivity contribution in [3.05, 3.63) is 78.1 Å². The van der Waals surface area contributed by atoms with Gasteiger partial charge in [-0.05, 0) is 29.3 Å². The van der Waals surface area contributed by atoms with Crippen molar-refractivity contribution in [3.8, 4) is 22.6 Å². The lowest BCUT2D eigenvalue weighted by Gasteiger charge is -2.32. The molecule has 7 nitrogen and oxygen atoms in total. The van der Waals surface area contributed by atoms with Crippen LogP contribution in [-0.4, -0.2) is 46.2 Å². The van der Waals surface area contributed by atoms with Gasteiger partial charge in [-0.15, -0.1) is 5.10 Å². The van der Waals surface area contributed by atoms with Crippen molar-refractivity contribution in [2.45, 2.75) is 12.6 Å². The number of fused-ring (bicyclic) bond motifs is 2. The van der Waals surface area contributed by atoms with E-state index < -0.39 is 0 Å². The SMILES string of the molecule is c1ccc(-c2ccc3c([C@H]4CN(Cc5ccc6c(c5)OCO6)CCO4)nnn3c2)cc1. The first-order valence-electron chi connectivity index (χ1n) is 10.5. The number of rotatable bonds is 4. The Labute approximate surface area is 179 Å². The predicted octanol–water partition coefficient (Wildman–Crippen LogP) is 3.70. The lowest BCUT2D eigenvalue weighted by Crippen LogP contribution is -2.38. The second kappa shape index (κ2) is 7.68. The topological polar surface area (TPSA) is 61.1 Å². The van der Waals surface area contributed by atoms with Crippen molar-refractivity contribution in [3.63, 3.8) is 0 Å². The molecule has 2 aromatic carbocycles. The second-order valence-corrected chi connectivity index (χ2v) is 7.87. The summed E-state index contributed by atoms with van der Waals surface area (Å²) in [7, 11) is 0. The maximum absolute atomic E-state index is 6.09. The summed E-state index contributed by atoms with van der Waals surface area (Å²) in [6.45, 7) is 3.43. The maximum Gasteiger partial charge on any atom is 0.231 e. The van der Waals surface area contributed by atoms with E-state index in [4.69, 9.17) is 14.2 Å². The number of ether oxygens (including phenoxy) is 3. The quantitative estimate of drug-likeness (QED) is 0.508. The summed E-state index contributed by atoms with van der Waals surface area (Å²) in [5.74, 6) is 1.63. The van der Waals surface area contributed by atoms with Crippen LogP contribution in [0.2, 0.25) is 0 Å². The van der Waals surface area contributed by atoms with Crippen LogP contribution in [0.3, 0.4) is 0 Å². The van der Waals surface area contributed by atoms with Gasteiger partial charge in [0.2, 0.25) is 6.79 Å². The third-order valence-corrected chi connectivity index (χ3v) is 5.85. The Kier molecular flexibility index (Phi) is 4.55. The minimum atomic E-state index is -0.108. The van der Waals surface area contributed by atoms with Gasteiger partial charge >= 0.3 is 0 Å². The number of hydrogen-bond donors (Lipinski definition) is 0. The molecule has 31 heavy (non-hydrogen) atoms. The van der Waals surface area contributed by atoms with E-state index in [1.165, 1.54) is 5.56 Å². The molecule has 156 valence electrons. The molecule has 7 heteroatoms. The Morgan fingerprint density at radius 1 is 0.935 bits per heavy atom. The molecule has 2 aliphatic rings. The Morgan fingerprint density at radius 3 is 2.77 bits per heavy atom. The summed E-state index contributed by atoms with van der Waals surface area (Å²) in [6, 6.07) is 20.6. The smallest absolute Gasteiger partial charge is 0.231 e. The van der Waals surface area contributed by atoms with Crippen LogP contribution in [-0.2, 0) is 11.3 Å². The number of morpholine rings is 1. The predicted molar refractivity (Wildman–Crippen MR) is 115 cm³/mol. The summed E-state index contributed by atoms with van der Waals surface area (Å²) in [6.07, 6.45) is 1.91. The third-order valence-electron chi connectivity index (χ3n) is 5.85. The van der Waals surface area contributed by atoms with Gasteiger partial charge in [0.25, 0.3) is 0 Å². The van der Waals surface area contributed by atoms with E-state index >= 15 is 0 Å². The van der Waals surface area contributed by atoms with Crippen molar-refractivity contribution in [1.82, 2.24) is 19.7 Å². The summed E-state index contributed by atoms with van der Waals surface area (Å²) in [5, 5.41) is 8.83. The van der Waals surface area contributed by atoms with Crippen LogP contribution in [0.5, 0.6) is 11.5 Å². The molecule has 0 amide bonds. The van der Waals surface area contributed by atoms with Gasteiger partial charge in [0.05, 0.1) is 12.1 Å². The molecule has 0 bridgehead atoms. The monoisotopic (exact) mass is 414 g/mol. The van der Waals surface area contributed by atoms with Crippen molar-refractivity contribution in [2.75, 3.05) is 26.5 Å². The molecule has 2 aromatic heterocycles. The fraction of sp³-hybridized carbons (Fsp3) is 0.250. The van der Waals surface area contributed by atoms with Crippen LogP contribution in [0, 0.1) is 0 Å². The van der Waals surface area contributed by atoms with Gasteiger partial charge < -0.3 is 14.2 Å². The van der Waals surface area contributed by atoms with Crippen molar-refractivity contribution in [2.24, 2.45) is 0 Å². The second-order valence-electron chi connectivity index (χ2n) is 7.87. The molecule has 0 N–H and O–H groups in total. The number of nitrogens with zero attached hydrogens (tertiary/aromatic N) is 4. The van der Waals surface area contributed by atoms with E-state index in [-0.39, 0.29) is 6.10 Å². The highest BCUT2D eigenvalue weighted by Gasteiger charge is 2.26. The molecule has 0 unspecified atom stereocenters. The molecule has 1 atom stereocenters. The number of aromatic nitrogens is 3. The van der Waals surface area contributed by atoms with Gasteiger partial charge in [0.15, 0.2) is 11.5 Å². The van der Waals surface area contributed by atoms with Gasteiger partial charge in [0.1, 0.15) is 11.8 Å². The van der Waals surface area contributed by atoms with Crippen LogP contribution >= 0.6 is 0 Å². The van der Waals surface area contributed by atoms with E-state index in [0.717, 1.165) is 53.5 Å². The zero-order valence-corrected chi connectivity index (χ0v) is 17.0. The Morgan fingerprint density at radius 2 is 1.84 bits per heavy atom. The average molecular weight is 414 g/mol. The molecule has 0 spiro atoms. The number of hydrogen-bond acceptors (Lipinski definition) is 6. The van der Waals surface area contributed by atoms with E-state index in [2.05, 4.69) is 51.6 Å². The Bertz CT molecular complexity index is 1220. The fourth-order valence-corrected chi connectivity index (χ4v) is 4.25. The molecule has 4 aromatic rings. The van der Waals surface area contributed by atoms with Gasteiger partial charge in [-0.1, -0.05) is 47.7 Å². The highest BCUT2D eigenvalue weighted by atomic mass is 16.7. The summed E-state index contributed by atoms with van der Waals surface area (Å²) in [4.78, 5) is 2.38. The first-order valence-corrected chi connectivity index (χ1v) is 10.5. The number of pyridine rings is 1. The van der Waals surface area contributed by atoms with E-state index in [1.807, 2.05) is 35.0 Å². The summed E-state index contributed by atoms with van der Waals surface area (Å²) >= 11 is 0. The highest BCUT2D eigenvalue weighted by Crippen LogP contribution is 2.33. The van der Waals surface area contributed by atoms with Crippen molar-refractivity contribution >= 4 is 5.52 Å². The van der Waals surface area contributed by atoms with Gasteiger partial charge in [-0.3, -0.25) is 4.90 Å². The lowest BCUT2D eigenvalue weighted by atomic mass is 10.1.